The van der Waals surface area contributed by atoms with E-state index in [4.69, 9.17) is 5.41 Å². The molecule has 0 saturated heterocycles. The minimum absolute atomic E-state index is 0.169. The van der Waals surface area contributed by atoms with Gasteiger partial charge in [0.05, 0.1) is 0 Å². The van der Waals surface area contributed by atoms with Crippen molar-refractivity contribution in [2.75, 3.05) is 0 Å². The summed E-state index contributed by atoms with van der Waals surface area (Å²) < 4.78 is 0. The number of nitrogens with one attached hydrogen (secondary N) is 1. The van der Waals surface area contributed by atoms with Crippen LogP contribution in [-0.4, -0.2) is 6.21 Å². The second-order valence-electron chi connectivity index (χ2n) is 8.59. The van der Waals surface area contributed by atoms with E-state index in [2.05, 4.69) is 41.5 Å². The molecule has 1 heteroatoms. The first-order valence-electron chi connectivity index (χ1n) is 11.5. The Morgan fingerprint density at radius 3 is 2.00 bits per heavy atom. The van der Waals surface area contributed by atoms with Gasteiger partial charge < -0.3 is 5.41 Å². The van der Waals surface area contributed by atoms with E-state index in [1.807, 2.05) is 20.1 Å². The van der Waals surface area contributed by atoms with E-state index in [0.717, 1.165) is 36.0 Å². The Bertz CT molecular complexity index is 335. The molecule has 0 aliphatic heterocycles. The summed E-state index contributed by atoms with van der Waals surface area (Å²) in [7, 11) is 0. The third-order valence-corrected chi connectivity index (χ3v) is 6.90. The summed E-state index contributed by atoms with van der Waals surface area (Å²) in [6.07, 6.45) is 13.6. The van der Waals surface area contributed by atoms with E-state index in [9.17, 15) is 0 Å². The van der Waals surface area contributed by atoms with Crippen molar-refractivity contribution in [2.45, 2.75) is 113 Å². The maximum atomic E-state index is 8.09. The average Bonchev–Trinajstić information content (AvgIpc) is 2.63. The summed E-state index contributed by atoms with van der Waals surface area (Å²) in [6.45, 7) is 18.2. The van der Waals surface area contributed by atoms with Crippen molar-refractivity contribution in [3.63, 3.8) is 0 Å². The first-order chi connectivity index (χ1) is 12.0. The Labute approximate surface area is 160 Å². The first kappa shape index (κ1) is 24.7. The third kappa shape index (κ3) is 6.72. The van der Waals surface area contributed by atoms with Crippen LogP contribution in [0.2, 0.25) is 0 Å². The summed E-state index contributed by atoms with van der Waals surface area (Å²) in [5.74, 6) is 4.36. The second-order valence-corrected chi connectivity index (χ2v) is 8.59. The molecular weight excluding hydrogens is 302 g/mol. The second kappa shape index (κ2) is 12.9. The fourth-order valence-corrected chi connectivity index (χ4v) is 5.72. The number of hydrogen-bond acceptors (Lipinski definition) is 1. The standard InChI is InChI=1S/C22H43N.C2H6/c1-7-11-20-18(9-3)12-13-19(21(20)17(5)6)15-22(10-4,16-23)14-8-2;1-2/h16-21,23H,7-15H2,1-6H3;1-2H3. The van der Waals surface area contributed by atoms with Gasteiger partial charge >= 0.3 is 0 Å². The van der Waals surface area contributed by atoms with E-state index in [1.165, 1.54) is 51.4 Å². The molecule has 0 radical (unpaired) electrons. The normalized spacial score (nSPS) is 28.8. The fourth-order valence-electron chi connectivity index (χ4n) is 5.72. The summed E-state index contributed by atoms with van der Waals surface area (Å²) in [4.78, 5) is 0. The highest BCUT2D eigenvalue weighted by Gasteiger charge is 2.42. The molecule has 150 valence electrons. The summed E-state index contributed by atoms with van der Waals surface area (Å²) in [5, 5.41) is 8.09. The smallest absolute Gasteiger partial charge is 0.00496 e. The molecule has 0 amide bonds. The molecule has 0 aromatic rings. The van der Waals surface area contributed by atoms with Gasteiger partial charge in [-0.2, -0.15) is 0 Å². The molecule has 0 spiro atoms. The van der Waals surface area contributed by atoms with Gasteiger partial charge in [-0.05, 0) is 61.7 Å². The quantitative estimate of drug-likeness (QED) is 0.382. The summed E-state index contributed by atoms with van der Waals surface area (Å²) >= 11 is 0. The van der Waals surface area contributed by atoms with Crippen LogP contribution in [0.4, 0.5) is 0 Å². The van der Waals surface area contributed by atoms with Gasteiger partial charge in [0.25, 0.3) is 0 Å². The molecule has 1 rings (SSSR count). The predicted molar refractivity (Wildman–Crippen MR) is 116 cm³/mol. The number of rotatable bonds is 10. The van der Waals surface area contributed by atoms with Crippen LogP contribution in [0.5, 0.6) is 0 Å². The Morgan fingerprint density at radius 2 is 1.60 bits per heavy atom. The molecule has 1 nitrogen and oxygen atoms in total. The Balaban J connectivity index is 0.00000277. The zero-order valence-electron chi connectivity index (χ0n) is 18.8. The van der Waals surface area contributed by atoms with Crippen LogP contribution in [0.1, 0.15) is 113 Å². The van der Waals surface area contributed by atoms with Crippen molar-refractivity contribution in [1.29, 1.82) is 5.41 Å². The highest BCUT2D eigenvalue weighted by Crippen LogP contribution is 2.50. The molecule has 1 aliphatic carbocycles. The van der Waals surface area contributed by atoms with Crippen molar-refractivity contribution in [2.24, 2.45) is 35.0 Å². The van der Waals surface area contributed by atoms with Crippen LogP contribution < -0.4 is 0 Å². The molecule has 1 aliphatic rings. The molecule has 1 N–H and O–H groups in total. The van der Waals surface area contributed by atoms with Crippen molar-refractivity contribution in [3.8, 4) is 0 Å². The molecular formula is C24H49N. The monoisotopic (exact) mass is 351 g/mol. The van der Waals surface area contributed by atoms with E-state index >= 15 is 0 Å². The van der Waals surface area contributed by atoms with Gasteiger partial charge in [-0.25, -0.2) is 0 Å². The average molecular weight is 352 g/mol. The third-order valence-electron chi connectivity index (χ3n) is 6.90. The van der Waals surface area contributed by atoms with Crippen LogP contribution in [0, 0.1) is 40.4 Å². The van der Waals surface area contributed by atoms with Gasteiger partial charge in [0.2, 0.25) is 0 Å². The number of hydrogen-bond donors (Lipinski definition) is 1. The molecule has 5 atom stereocenters. The van der Waals surface area contributed by atoms with Crippen molar-refractivity contribution < 1.29 is 0 Å². The largest absolute Gasteiger partial charge is 0.313 e. The summed E-state index contributed by atoms with van der Waals surface area (Å²) in [6, 6.07) is 0. The minimum atomic E-state index is 0.169. The maximum Gasteiger partial charge on any atom is 0.00496 e. The molecule has 0 aromatic heterocycles. The zero-order valence-corrected chi connectivity index (χ0v) is 18.8. The topological polar surface area (TPSA) is 23.9 Å². The molecule has 1 fully saturated rings. The van der Waals surface area contributed by atoms with E-state index < -0.39 is 0 Å². The lowest BCUT2D eigenvalue weighted by molar-refractivity contribution is 0.0256. The van der Waals surface area contributed by atoms with Gasteiger partial charge in [-0.3, -0.25) is 0 Å². The van der Waals surface area contributed by atoms with E-state index in [0.29, 0.717) is 0 Å². The lowest BCUT2D eigenvalue weighted by Crippen LogP contribution is -2.40. The molecule has 0 aromatic carbocycles. The van der Waals surface area contributed by atoms with Crippen molar-refractivity contribution in [3.05, 3.63) is 0 Å². The van der Waals surface area contributed by atoms with Gasteiger partial charge in [0.1, 0.15) is 0 Å². The molecule has 25 heavy (non-hydrogen) atoms. The van der Waals surface area contributed by atoms with Gasteiger partial charge in [0.15, 0.2) is 0 Å². The van der Waals surface area contributed by atoms with E-state index in [1.54, 1.807) is 0 Å². The van der Waals surface area contributed by atoms with Crippen molar-refractivity contribution >= 4 is 6.21 Å². The molecule has 0 heterocycles. The zero-order chi connectivity index (χ0) is 19.5. The highest BCUT2D eigenvalue weighted by atomic mass is 14.5. The van der Waals surface area contributed by atoms with Crippen LogP contribution >= 0.6 is 0 Å². The molecule has 5 unspecified atom stereocenters. The summed E-state index contributed by atoms with van der Waals surface area (Å²) in [5.41, 5.74) is 0.169. The van der Waals surface area contributed by atoms with E-state index in [-0.39, 0.29) is 5.41 Å². The molecule has 1 saturated carbocycles. The van der Waals surface area contributed by atoms with Gasteiger partial charge in [0, 0.05) is 11.6 Å². The highest BCUT2D eigenvalue weighted by molar-refractivity contribution is 5.62. The predicted octanol–water partition coefficient (Wildman–Crippen LogP) is 8.37. The Kier molecular flexibility index (Phi) is 12.8. The van der Waals surface area contributed by atoms with Crippen molar-refractivity contribution in [1.82, 2.24) is 0 Å². The Hall–Kier alpha value is -0.330. The lowest BCUT2D eigenvalue weighted by Gasteiger charge is -2.48. The minimum Gasteiger partial charge on any atom is -0.313 e. The molecule has 0 bridgehead atoms. The van der Waals surface area contributed by atoms with Gasteiger partial charge in [-0.15, -0.1) is 0 Å². The lowest BCUT2D eigenvalue weighted by atomic mass is 9.57. The maximum absolute atomic E-state index is 8.09. The van der Waals surface area contributed by atoms with Crippen LogP contribution in [0.25, 0.3) is 0 Å². The SMILES string of the molecule is CC.CCCC1C(CC)CCC(CC(C=N)(CC)CCC)C1C(C)C. The first-order valence-corrected chi connectivity index (χ1v) is 11.5. The van der Waals surface area contributed by atoms with Crippen LogP contribution in [-0.2, 0) is 0 Å². The Morgan fingerprint density at radius 1 is 1.00 bits per heavy atom. The van der Waals surface area contributed by atoms with Crippen LogP contribution in [0.3, 0.4) is 0 Å². The van der Waals surface area contributed by atoms with Crippen LogP contribution in [0.15, 0.2) is 0 Å². The van der Waals surface area contributed by atoms with Gasteiger partial charge in [-0.1, -0.05) is 81.1 Å². The fraction of sp³-hybridized carbons (Fsp3) is 0.958.